The lowest BCUT2D eigenvalue weighted by atomic mass is 9.87. The van der Waals surface area contributed by atoms with Gasteiger partial charge >= 0.3 is 0 Å². The van der Waals surface area contributed by atoms with Gasteiger partial charge in [0.05, 0.1) is 20.1 Å². The Morgan fingerprint density at radius 2 is 1.89 bits per heavy atom. The Hall–Kier alpha value is -0.380. The Labute approximate surface area is 118 Å². The molecule has 0 aromatic heterocycles. The Bertz CT molecular complexity index is 417. The molecule has 1 aliphatic rings. The van der Waals surface area contributed by atoms with Crippen molar-refractivity contribution in [3.8, 4) is 0 Å². The Balaban J connectivity index is 2.07. The molecule has 2 nitrogen and oxygen atoms in total. The van der Waals surface area contributed by atoms with Crippen LogP contribution in [0.2, 0.25) is 0 Å². The molecule has 0 saturated carbocycles. The summed E-state index contributed by atoms with van der Waals surface area (Å²) in [5, 5.41) is 10.3. The fraction of sp³-hybridized carbons (Fsp3) is 0.600. The topological polar surface area (TPSA) is 20.2 Å². The summed E-state index contributed by atoms with van der Waals surface area (Å²) in [6.45, 7) is 5.93. The molecular formula is C15H23BrNO+. The fourth-order valence-corrected chi connectivity index (χ4v) is 3.20. The van der Waals surface area contributed by atoms with E-state index >= 15 is 0 Å². The van der Waals surface area contributed by atoms with Gasteiger partial charge in [-0.05, 0) is 23.6 Å². The molecule has 0 spiro atoms. The van der Waals surface area contributed by atoms with Gasteiger partial charge in [-0.15, -0.1) is 0 Å². The average molecular weight is 313 g/mol. The van der Waals surface area contributed by atoms with Crippen LogP contribution in [0.3, 0.4) is 0 Å². The molecule has 2 rings (SSSR count). The zero-order valence-corrected chi connectivity index (χ0v) is 13.1. The van der Waals surface area contributed by atoms with E-state index in [4.69, 9.17) is 0 Å². The largest absolute Gasteiger partial charge is 0.343 e. The predicted molar refractivity (Wildman–Crippen MR) is 78.3 cm³/mol. The number of quaternary nitrogens is 1. The molecule has 0 atom stereocenters. The molecule has 1 fully saturated rings. The zero-order chi connectivity index (χ0) is 13.4. The average Bonchev–Trinajstić information content (AvgIpc) is 2.28. The van der Waals surface area contributed by atoms with E-state index in [0.717, 1.165) is 34.9 Å². The van der Waals surface area contributed by atoms with Crippen LogP contribution in [-0.4, -0.2) is 35.5 Å². The normalized spacial score (nSPS) is 29.3. The Kier molecular flexibility index (Phi) is 3.86. The highest BCUT2D eigenvalue weighted by molar-refractivity contribution is 9.10. The van der Waals surface area contributed by atoms with Crippen molar-refractivity contribution in [3.63, 3.8) is 0 Å². The van der Waals surface area contributed by atoms with E-state index in [1.807, 2.05) is 13.8 Å². The van der Waals surface area contributed by atoms with Gasteiger partial charge in [-0.25, -0.2) is 0 Å². The van der Waals surface area contributed by atoms with Gasteiger partial charge in [-0.2, -0.15) is 0 Å². The number of rotatable bonds is 2. The van der Waals surface area contributed by atoms with E-state index in [0.29, 0.717) is 5.92 Å². The molecule has 0 bridgehead atoms. The molecule has 100 valence electrons. The summed E-state index contributed by atoms with van der Waals surface area (Å²) < 4.78 is 1.92. The van der Waals surface area contributed by atoms with E-state index in [9.17, 15) is 5.11 Å². The van der Waals surface area contributed by atoms with Crippen LogP contribution in [0.1, 0.15) is 38.2 Å². The molecule has 0 amide bonds. The van der Waals surface area contributed by atoms with Crippen molar-refractivity contribution in [1.82, 2.24) is 0 Å². The van der Waals surface area contributed by atoms with Crippen molar-refractivity contribution in [3.05, 3.63) is 34.3 Å². The van der Waals surface area contributed by atoms with Crippen molar-refractivity contribution in [2.45, 2.75) is 38.3 Å². The molecule has 1 aliphatic heterocycles. The first kappa shape index (κ1) is 14.0. The monoisotopic (exact) mass is 312 g/mol. The summed E-state index contributed by atoms with van der Waals surface area (Å²) in [5.41, 5.74) is 0.786. The Morgan fingerprint density at radius 3 is 2.39 bits per heavy atom. The molecule has 1 saturated heterocycles. The van der Waals surface area contributed by atoms with E-state index in [2.05, 4.69) is 47.2 Å². The van der Waals surface area contributed by atoms with Crippen LogP contribution in [0.5, 0.6) is 0 Å². The molecule has 0 aliphatic carbocycles. The van der Waals surface area contributed by atoms with Gasteiger partial charge in [0.25, 0.3) is 0 Å². The highest BCUT2D eigenvalue weighted by atomic mass is 79.9. The molecule has 18 heavy (non-hydrogen) atoms. The second-order valence-electron chi connectivity index (χ2n) is 6.17. The molecule has 1 aromatic rings. The van der Waals surface area contributed by atoms with Crippen LogP contribution in [-0.2, 0) is 0 Å². The minimum absolute atomic E-state index is 0.635. The number of piperidine rings is 1. The lowest BCUT2D eigenvalue weighted by molar-refractivity contribution is -0.983. The minimum atomic E-state index is -0.637. The van der Waals surface area contributed by atoms with Crippen molar-refractivity contribution in [2.24, 2.45) is 0 Å². The van der Waals surface area contributed by atoms with Gasteiger partial charge in [0.1, 0.15) is 0 Å². The summed E-state index contributed by atoms with van der Waals surface area (Å²) >= 11 is 3.54. The van der Waals surface area contributed by atoms with Gasteiger partial charge in [-0.1, -0.05) is 28.1 Å². The SMILES string of the molecule is CC(C)(O)[N+]1(C)CCC(c2cccc(Br)c2)CC1. The van der Waals surface area contributed by atoms with E-state index in [1.165, 1.54) is 5.56 Å². The van der Waals surface area contributed by atoms with E-state index in [-0.39, 0.29) is 0 Å². The maximum Gasteiger partial charge on any atom is 0.194 e. The van der Waals surface area contributed by atoms with Crippen molar-refractivity contribution < 1.29 is 9.59 Å². The van der Waals surface area contributed by atoms with Crippen molar-refractivity contribution >= 4 is 15.9 Å². The smallest absolute Gasteiger partial charge is 0.194 e. The number of aliphatic hydroxyl groups is 1. The third-order valence-electron chi connectivity index (χ3n) is 4.58. The van der Waals surface area contributed by atoms with Gasteiger partial charge in [0.2, 0.25) is 0 Å². The number of hydrogen-bond donors (Lipinski definition) is 1. The van der Waals surface area contributed by atoms with Gasteiger partial charge in [-0.3, -0.25) is 4.48 Å². The predicted octanol–water partition coefficient (Wildman–Crippen LogP) is 3.50. The van der Waals surface area contributed by atoms with Gasteiger partial charge in [0, 0.05) is 31.2 Å². The second-order valence-corrected chi connectivity index (χ2v) is 7.08. The quantitative estimate of drug-likeness (QED) is 0.829. The molecule has 1 aromatic carbocycles. The number of halogens is 1. The molecule has 3 heteroatoms. The summed E-state index contributed by atoms with van der Waals surface area (Å²) in [6, 6.07) is 8.63. The van der Waals surface area contributed by atoms with E-state index < -0.39 is 5.72 Å². The number of benzene rings is 1. The van der Waals surface area contributed by atoms with Gasteiger partial charge in [0.15, 0.2) is 5.72 Å². The number of nitrogens with zero attached hydrogens (tertiary/aromatic N) is 1. The van der Waals surface area contributed by atoms with Crippen LogP contribution >= 0.6 is 15.9 Å². The molecular weight excluding hydrogens is 290 g/mol. The highest BCUT2D eigenvalue weighted by Gasteiger charge is 2.41. The third-order valence-corrected chi connectivity index (χ3v) is 5.08. The van der Waals surface area contributed by atoms with Gasteiger partial charge < -0.3 is 5.11 Å². The number of hydrogen-bond acceptors (Lipinski definition) is 1. The standard InChI is InChI=1S/C15H23BrNO/c1-15(2,18)17(3)9-7-12(8-10-17)13-5-4-6-14(16)11-13/h4-6,11-12,18H,7-10H2,1-3H3/q+1. The number of likely N-dealkylation sites (tertiary alicyclic amines) is 1. The van der Waals surface area contributed by atoms with Crippen LogP contribution < -0.4 is 0 Å². The first-order valence-electron chi connectivity index (χ1n) is 6.64. The van der Waals surface area contributed by atoms with Crippen LogP contribution in [0.15, 0.2) is 28.7 Å². The molecule has 1 N–H and O–H groups in total. The first-order valence-corrected chi connectivity index (χ1v) is 7.44. The van der Waals surface area contributed by atoms with Crippen LogP contribution in [0.25, 0.3) is 0 Å². The third kappa shape index (κ3) is 2.79. The zero-order valence-electron chi connectivity index (χ0n) is 11.5. The van der Waals surface area contributed by atoms with Crippen LogP contribution in [0.4, 0.5) is 0 Å². The highest BCUT2D eigenvalue weighted by Crippen LogP contribution is 2.35. The van der Waals surface area contributed by atoms with Crippen molar-refractivity contribution in [1.29, 1.82) is 0 Å². The molecule has 0 radical (unpaired) electrons. The van der Waals surface area contributed by atoms with Crippen LogP contribution in [0, 0.1) is 0 Å². The summed E-state index contributed by atoms with van der Waals surface area (Å²) in [5.74, 6) is 0.635. The van der Waals surface area contributed by atoms with E-state index in [1.54, 1.807) is 0 Å². The summed E-state index contributed by atoms with van der Waals surface area (Å²) in [7, 11) is 2.16. The van der Waals surface area contributed by atoms with Crippen molar-refractivity contribution in [2.75, 3.05) is 20.1 Å². The Morgan fingerprint density at radius 1 is 1.28 bits per heavy atom. The molecule has 1 heterocycles. The summed E-state index contributed by atoms with van der Waals surface area (Å²) in [6.07, 6.45) is 2.30. The summed E-state index contributed by atoms with van der Waals surface area (Å²) in [4.78, 5) is 0. The maximum absolute atomic E-state index is 10.3. The minimum Gasteiger partial charge on any atom is -0.343 e. The molecule has 0 unspecified atom stereocenters. The second kappa shape index (κ2) is 4.95. The first-order chi connectivity index (χ1) is 8.32. The lowest BCUT2D eigenvalue weighted by Gasteiger charge is -2.48. The maximum atomic E-state index is 10.3. The lowest BCUT2D eigenvalue weighted by Crippen LogP contribution is -2.61. The fourth-order valence-electron chi connectivity index (χ4n) is 2.78.